The molecule has 3 aromatic rings. The van der Waals surface area contributed by atoms with E-state index in [0.29, 0.717) is 53.9 Å². The van der Waals surface area contributed by atoms with Crippen LogP contribution in [0.25, 0.3) is 5.76 Å². The maximum Gasteiger partial charge on any atom is 0.300 e. The first-order valence-corrected chi connectivity index (χ1v) is 11.1. The number of Topliss-reactive ketones (excluding diaryl/α,β-unsaturated/α-hetero) is 1. The summed E-state index contributed by atoms with van der Waals surface area (Å²) in [4.78, 5) is 27.9. The van der Waals surface area contributed by atoms with Crippen molar-refractivity contribution < 1.29 is 28.9 Å². The van der Waals surface area contributed by atoms with Gasteiger partial charge >= 0.3 is 0 Å². The van der Waals surface area contributed by atoms with Gasteiger partial charge in [0.2, 0.25) is 0 Å². The fourth-order valence-corrected chi connectivity index (χ4v) is 4.27. The second-order valence-corrected chi connectivity index (χ2v) is 7.87. The Hall–Kier alpha value is -4.26. The van der Waals surface area contributed by atoms with E-state index < -0.39 is 17.7 Å². The number of carbonyl (C=O) groups excluding carboxylic acids is 2. The minimum atomic E-state index is -0.799. The van der Waals surface area contributed by atoms with Gasteiger partial charge < -0.3 is 19.3 Å². The number of benzene rings is 3. The first-order valence-electron chi connectivity index (χ1n) is 11.1. The molecular weight excluding hydrogens is 434 g/mol. The molecule has 2 heterocycles. The maximum atomic E-state index is 13.3. The number of carbonyl (C=O) groups is 2. The average Bonchev–Trinajstić information content (AvgIpc) is 3.15. The number of rotatable bonds is 5. The van der Waals surface area contributed by atoms with E-state index in [9.17, 15) is 14.7 Å². The molecule has 7 heteroatoms. The Bertz CT molecular complexity index is 1270. The number of fused-ring (bicyclic) bond motifs is 1. The fourth-order valence-electron chi connectivity index (χ4n) is 4.27. The van der Waals surface area contributed by atoms with Gasteiger partial charge in [-0.15, -0.1) is 0 Å². The summed E-state index contributed by atoms with van der Waals surface area (Å²) in [6.07, 6.45) is 0. The SMILES string of the molecule is CCOc1ccc(N2C(=O)C(=O)/C(=C(\O)c3ccc4c(c3)OCCO4)C2c2ccccc2)cc1. The molecule has 3 aromatic carbocycles. The van der Waals surface area contributed by atoms with E-state index in [2.05, 4.69) is 0 Å². The van der Waals surface area contributed by atoms with Gasteiger partial charge in [-0.1, -0.05) is 30.3 Å². The zero-order valence-corrected chi connectivity index (χ0v) is 18.6. The van der Waals surface area contributed by atoms with Gasteiger partial charge in [0.05, 0.1) is 18.2 Å². The highest BCUT2D eigenvalue weighted by Gasteiger charge is 2.47. The van der Waals surface area contributed by atoms with Crippen LogP contribution in [0, 0.1) is 0 Å². The number of hydrogen-bond donors (Lipinski definition) is 1. The van der Waals surface area contributed by atoms with Crippen LogP contribution in [0.5, 0.6) is 17.2 Å². The van der Waals surface area contributed by atoms with Crippen molar-refractivity contribution in [2.75, 3.05) is 24.7 Å². The molecule has 0 saturated carbocycles. The van der Waals surface area contributed by atoms with Crippen LogP contribution in [-0.4, -0.2) is 36.6 Å². The van der Waals surface area contributed by atoms with Crippen molar-refractivity contribution in [1.82, 2.24) is 0 Å². The average molecular weight is 457 g/mol. The number of amides is 1. The van der Waals surface area contributed by atoms with E-state index in [1.807, 2.05) is 37.3 Å². The summed E-state index contributed by atoms with van der Waals surface area (Å²) in [7, 11) is 0. The molecule has 0 aliphatic carbocycles. The molecular formula is C27H23NO6. The summed E-state index contributed by atoms with van der Waals surface area (Å²) in [5, 5.41) is 11.3. The van der Waals surface area contributed by atoms with Gasteiger partial charge in [0.25, 0.3) is 11.7 Å². The van der Waals surface area contributed by atoms with Crippen LogP contribution >= 0.6 is 0 Å². The highest BCUT2D eigenvalue weighted by molar-refractivity contribution is 6.51. The van der Waals surface area contributed by atoms with Gasteiger partial charge in [0, 0.05) is 11.3 Å². The normalized spacial score (nSPS) is 18.7. The molecule has 1 amide bonds. The number of ether oxygens (including phenoxy) is 3. The molecule has 1 saturated heterocycles. The van der Waals surface area contributed by atoms with E-state index in [0.717, 1.165) is 0 Å². The van der Waals surface area contributed by atoms with Crippen molar-refractivity contribution in [2.24, 2.45) is 0 Å². The Balaban J connectivity index is 1.64. The van der Waals surface area contributed by atoms with Gasteiger partial charge in [-0.2, -0.15) is 0 Å². The lowest BCUT2D eigenvalue weighted by atomic mass is 9.95. The van der Waals surface area contributed by atoms with Gasteiger partial charge in [-0.25, -0.2) is 0 Å². The van der Waals surface area contributed by atoms with E-state index in [-0.39, 0.29) is 11.3 Å². The van der Waals surface area contributed by atoms with Gasteiger partial charge in [0.15, 0.2) is 11.5 Å². The largest absolute Gasteiger partial charge is 0.507 e. The van der Waals surface area contributed by atoms with Crippen molar-refractivity contribution in [3.8, 4) is 17.2 Å². The lowest BCUT2D eigenvalue weighted by Crippen LogP contribution is -2.29. The van der Waals surface area contributed by atoms with Gasteiger partial charge in [-0.3, -0.25) is 14.5 Å². The zero-order valence-electron chi connectivity index (χ0n) is 18.6. The predicted molar refractivity (Wildman–Crippen MR) is 126 cm³/mol. The van der Waals surface area contributed by atoms with Crippen LogP contribution in [0.3, 0.4) is 0 Å². The van der Waals surface area contributed by atoms with Crippen molar-refractivity contribution in [2.45, 2.75) is 13.0 Å². The van der Waals surface area contributed by atoms with Crippen LogP contribution in [0.2, 0.25) is 0 Å². The number of aliphatic hydroxyl groups is 1. The predicted octanol–water partition coefficient (Wildman–Crippen LogP) is 4.48. The number of anilines is 1. The summed E-state index contributed by atoms with van der Waals surface area (Å²) in [6, 6.07) is 20.3. The third kappa shape index (κ3) is 3.75. The first kappa shape index (κ1) is 21.6. The van der Waals surface area contributed by atoms with Crippen LogP contribution in [0.4, 0.5) is 5.69 Å². The van der Waals surface area contributed by atoms with Crippen molar-refractivity contribution >= 4 is 23.1 Å². The third-order valence-electron chi connectivity index (χ3n) is 5.80. The Morgan fingerprint density at radius 1 is 0.971 bits per heavy atom. The van der Waals surface area contributed by atoms with Crippen LogP contribution in [-0.2, 0) is 9.59 Å². The number of aliphatic hydroxyl groups excluding tert-OH is 1. The summed E-state index contributed by atoms with van der Waals surface area (Å²) in [6.45, 7) is 3.24. The maximum absolute atomic E-state index is 13.3. The molecule has 0 spiro atoms. The van der Waals surface area contributed by atoms with Gasteiger partial charge in [0.1, 0.15) is 24.7 Å². The van der Waals surface area contributed by atoms with E-state index >= 15 is 0 Å². The van der Waals surface area contributed by atoms with Crippen LogP contribution in [0.1, 0.15) is 24.1 Å². The summed E-state index contributed by atoms with van der Waals surface area (Å²) in [5.41, 5.74) is 1.62. The quantitative estimate of drug-likeness (QED) is 0.345. The van der Waals surface area contributed by atoms with Crippen molar-refractivity contribution in [3.63, 3.8) is 0 Å². The Kier molecular flexibility index (Phi) is 5.67. The van der Waals surface area contributed by atoms with Gasteiger partial charge in [-0.05, 0) is 55.0 Å². The standard InChI is InChI=1S/C27H23NO6/c1-2-32-20-11-9-19(10-12-20)28-24(17-6-4-3-5-7-17)23(26(30)27(28)31)25(29)18-8-13-21-22(16-18)34-15-14-33-21/h3-13,16,24,29H,2,14-15H2,1H3/b25-23-. The van der Waals surface area contributed by atoms with Crippen LogP contribution < -0.4 is 19.1 Å². The lowest BCUT2D eigenvalue weighted by molar-refractivity contribution is -0.132. The molecule has 5 rings (SSSR count). The summed E-state index contributed by atoms with van der Waals surface area (Å²) < 4.78 is 16.7. The van der Waals surface area contributed by atoms with E-state index in [1.54, 1.807) is 42.5 Å². The van der Waals surface area contributed by atoms with Crippen molar-refractivity contribution in [1.29, 1.82) is 0 Å². The minimum absolute atomic E-state index is 0.0155. The topological polar surface area (TPSA) is 85.3 Å². The molecule has 34 heavy (non-hydrogen) atoms. The smallest absolute Gasteiger partial charge is 0.300 e. The molecule has 2 aliphatic heterocycles. The molecule has 1 atom stereocenters. The molecule has 0 bridgehead atoms. The Morgan fingerprint density at radius 2 is 1.68 bits per heavy atom. The number of hydrogen-bond acceptors (Lipinski definition) is 6. The molecule has 2 aliphatic rings. The highest BCUT2D eigenvalue weighted by atomic mass is 16.6. The molecule has 172 valence electrons. The lowest BCUT2D eigenvalue weighted by Gasteiger charge is -2.25. The molecule has 1 unspecified atom stereocenters. The Morgan fingerprint density at radius 3 is 2.38 bits per heavy atom. The zero-order chi connectivity index (χ0) is 23.7. The summed E-state index contributed by atoms with van der Waals surface area (Å²) >= 11 is 0. The molecule has 0 radical (unpaired) electrons. The van der Waals surface area contributed by atoms with E-state index in [4.69, 9.17) is 14.2 Å². The number of ketones is 1. The second-order valence-electron chi connectivity index (χ2n) is 7.87. The van der Waals surface area contributed by atoms with Crippen molar-refractivity contribution in [3.05, 3.63) is 89.5 Å². The fraction of sp³-hybridized carbons (Fsp3) is 0.185. The Labute approximate surface area is 196 Å². The third-order valence-corrected chi connectivity index (χ3v) is 5.80. The monoisotopic (exact) mass is 457 g/mol. The molecule has 0 aromatic heterocycles. The molecule has 1 N–H and O–H groups in total. The first-order chi connectivity index (χ1) is 16.6. The van der Waals surface area contributed by atoms with Crippen LogP contribution in [0.15, 0.2) is 78.4 Å². The summed E-state index contributed by atoms with van der Waals surface area (Å²) in [5.74, 6) is -0.0234. The second kappa shape index (κ2) is 8.94. The highest BCUT2D eigenvalue weighted by Crippen LogP contribution is 2.43. The molecule has 7 nitrogen and oxygen atoms in total. The minimum Gasteiger partial charge on any atom is -0.507 e. The number of nitrogens with zero attached hydrogens (tertiary/aromatic N) is 1. The van der Waals surface area contributed by atoms with E-state index in [1.165, 1.54) is 4.90 Å². The molecule has 1 fully saturated rings.